The first kappa shape index (κ1) is 79.7. The molecule has 0 aliphatic heterocycles. The summed E-state index contributed by atoms with van der Waals surface area (Å²) in [5, 5.41) is 14.0. The lowest BCUT2D eigenvalue weighted by Crippen LogP contribution is -2.45. The van der Waals surface area contributed by atoms with Crippen molar-refractivity contribution in [3.05, 3.63) is 85.1 Å². The number of aliphatic hydroxyl groups excluding tert-OH is 1. The Balaban J connectivity index is 4.10. The third kappa shape index (κ3) is 65.2. The topological polar surface area (TPSA) is 105 Å². The molecule has 0 saturated heterocycles. The first-order chi connectivity index (χ1) is 40.0. The van der Waals surface area contributed by atoms with Gasteiger partial charge in [-0.3, -0.25) is 13.8 Å². The Morgan fingerprint density at radius 2 is 0.732 bits per heavy atom. The molecule has 0 rings (SSSR count). The minimum atomic E-state index is -4.36. The molecule has 478 valence electrons. The lowest BCUT2D eigenvalue weighted by atomic mass is 10.0. The number of nitrogens with one attached hydrogen (secondary N) is 1. The lowest BCUT2D eigenvalue weighted by Gasteiger charge is -2.25. The second-order valence-electron chi connectivity index (χ2n) is 24.9. The van der Waals surface area contributed by atoms with Crippen LogP contribution >= 0.6 is 7.82 Å². The third-order valence-corrected chi connectivity index (χ3v) is 16.6. The molecule has 0 aromatic rings. The first-order valence-corrected chi connectivity index (χ1v) is 36.5. The Hall–Kier alpha value is -2.32. The summed E-state index contributed by atoms with van der Waals surface area (Å²) in [7, 11) is 1.57. The maximum absolute atomic E-state index is 13.1. The summed E-state index contributed by atoms with van der Waals surface area (Å²) < 4.78 is 23.8. The molecule has 3 atom stereocenters. The second kappa shape index (κ2) is 63.2. The molecule has 82 heavy (non-hydrogen) atoms. The predicted octanol–water partition coefficient (Wildman–Crippen LogP) is 22.3. The molecule has 8 nitrogen and oxygen atoms in total. The highest BCUT2D eigenvalue weighted by Crippen LogP contribution is 2.43. The molecule has 0 aromatic heterocycles. The molecule has 0 bridgehead atoms. The van der Waals surface area contributed by atoms with Crippen LogP contribution in [-0.2, 0) is 18.4 Å². The number of hydrogen-bond acceptors (Lipinski definition) is 5. The van der Waals surface area contributed by atoms with Crippen LogP contribution in [0.5, 0.6) is 0 Å². The van der Waals surface area contributed by atoms with Crippen molar-refractivity contribution in [2.24, 2.45) is 0 Å². The Morgan fingerprint density at radius 3 is 1.07 bits per heavy atom. The fourth-order valence-corrected chi connectivity index (χ4v) is 11.0. The van der Waals surface area contributed by atoms with E-state index in [4.69, 9.17) is 9.05 Å². The van der Waals surface area contributed by atoms with Gasteiger partial charge in [0.05, 0.1) is 39.9 Å². The van der Waals surface area contributed by atoms with Crippen molar-refractivity contribution in [3.8, 4) is 0 Å². The van der Waals surface area contributed by atoms with Gasteiger partial charge in [-0.25, -0.2) is 4.57 Å². The van der Waals surface area contributed by atoms with Gasteiger partial charge in [0.15, 0.2) is 0 Å². The third-order valence-electron chi connectivity index (χ3n) is 15.6. The van der Waals surface area contributed by atoms with E-state index in [0.29, 0.717) is 17.4 Å². The van der Waals surface area contributed by atoms with Crippen LogP contribution in [0.2, 0.25) is 0 Å². The average Bonchev–Trinajstić information content (AvgIpc) is 3.47. The van der Waals surface area contributed by atoms with Crippen LogP contribution < -0.4 is 5.32 Å². The zero-order chi connectivity index (χ0) is 59.8. The van der Waals surface area contributed by atoms with Crippen LogP contribution in [-0.4, -0.2) is 73.4 Å². The number of allylic oxidation sites excluding steroid dienone is 13. The quantitative estimate of drug-likeness (QED) is 0.0243. The number of nitrogens with zero attached hydrogens (tertiary/aromatic N) is 1. The molecule has 0 fully saturated rings. The van der Waals surface area contributed by atoms with E-state index in [2.05, 4.69) is 92.1 Å². The number of carbonyl (C=O) groups excluding carboxylic acids is 1. The summed E-state index contributed by atoms with van der Waals surface area (Å²) >= 11 is 0. The van der Waals surface area contributed by atoms with E-state index in [1.165, 1.54) is 225 Å². The number of rotatable bonds is 64. The summed E-state index contributed by atoms with van der Waals surface area (Å²) in [6.45, 7) is 4.74. The molecule has 1 amide bonds. The average molecular weight is 1170 g/mol. The Labute approximate surface area is 509 Å². The number of amides is 1. The number of quaternary nitrogens is 1. The van der Waals surface area contributed by atoms with Gasteiger partial charge in [0.1, 0.15) is 13.2 Å². The second-order valence-corrected chi connectivity index (χ2v) is 26.3. The molecule has 0 heterocycles. The van der Waals surface area contributed by atoms with Crippen molar-refractivity contribution >= 4 is 13.7 Å². The van der Waals surface area contributed by atoms with Crippen molar-refractivity contribution in [2.45, 2.75) is 334 Å². The molecule has 0 saturated carbocycles. The number of hydrogen-bond donors (Lipinski definition) is 3. The van der Waals surface area contributed by atoms with Crippen LogP contribution in [0.15, 0.2) is 85.1 Å². The number of aliphatic hydroxyl groups is 1. The van der Waals surface area contributed by atoms with Crippen molar-refractivity contribution < 1.29 is 32.9 Å². The highest BCUT2D eigenvalue weighted by atomic mass is 31.2. The molecule has 0 aliphatic rings. The van der Waals surface area contributed by atoms with E-state index >= 15 is 0 Å². The zero-order valence-corrected chi connectivity index (χ0v) is 55.6. The number of unbranched alkanes of at least 4 members (excludes halogenated alkanes) is 39. The number of carbonyl (C=O) groups is 1. The normalized spacial score (nSPS) is 14.2. The van der Waals surface area contributed by atoms with Gasteiger partial charge in [0, 0.05) is 6.42 Å². The van der Waals surface area contributed by atoms with E-state index in [1.54, 1.807) is 6.08 Å². The summed E-state index contributed by atoms with van der Waals surface area (Å²) in [5.41, 5.74) is 0. The van der Waals surface area contributed by atoms with Crippen molar-refractivity contribution in [3.63, 3.8) is 0 Å². The number of phosphoric acid groups is 1. The summed E-state index contributed by atoms with van der Waals surface area (Å²) in [6.07, 6.45) is 90.1. The molecule has 0 radical (unpaired) electrons. The molecular weight excluding hydrogens is 1030 g/mol. The molecule has 3 unspecified atom stereocenters. The molecular formula is C73H136N2O6P+. The number of likely N-dealkylation sites (N-methyl/N-ethyl adjacent to an activating group) is 1. The Kier molecular flexibility index (Phi) is 61.4. The maximum Gasteiger partial charge on any atom is 0.472 e. The predicted molar refractivity (Wildman–Crippen MR) is 360 cm³/mol. The summed E-state index contributed by atoms with van der Waals surface area (Å²) in [5.74, 6) is -0.178. The molecule has 3 N–H and O–H groups in total. The van der Waals surface area contributed by atoms with Gasteiger partial charge in [-0.1, -0.05) is 330 Å². The van der Waals surface area contributed by atoms with E-state index in [1.807, 2.05) is 27.2 Å². The van der Waals surface area contributed by atoms with Crippen LogP contribution in [0.4, 0.5) is 0 Å². The summed E-state index contributed by atoms with van der Waals surface area (Å²) in [6, 6.07) is -0.854. The molecule has 0 spiro atoms. The SMILES string of the molecule is CC/C=C\C/C=C\C/C=C\C/C=C\C/C=C\C/C=C\CCCCCCCCCCCCCCC(=O)NC(COP(=O)(O)OCC[N+](C)(C)C)C(O)/C=C/CCCCCCCCCCCCCCCCCCCCCCCCCCCCC. The lowest BCUT2D eigenvalue weighted by molar-refractivity contribution is -0.870. The monoisotopic (exact) mass is 1170 g/mol. The van der Waals surface area contributed by atoms with E-state index in [0.717, 1.165) is 77.0 Å². The fraction of sp³-hybridized carbons (Fsp3) is 0.795. The zero-order valence-electron chi connectivity index (χ0n) is 54.7. The van der Waals surface area contributed by atoms with Crippen LogP contribution in [0, 0.1) is 0 Å². The van der Waals surface area contributed by atoms with Crippen molar-refractivity contribution in [1.29, 1.82) is 0 Å². The maximum atomic E-state index is 13.1. The van der Waals surface area contributed by atoms with Gasteiger partial charge in [-0.15, -0.1) is 0 Å². The summed E-state index contributed by atoms with van der Waals surface area (Å²) in [4.78, 5) is 23.4. The van der Waals surface area contributed by atoms with Crippen molar-refractivity contribution in [2.75, 3.05) is 40.9 Å². The van der Waals surface area contributed by atoms with Crippen LogP contribution in [0.25, 0.3) is 0 Å². The minimum absolute atomic E-state index is 0.0588. The minimum Gasteiger partial charge on any atom is -0.387 e. The highest BCUT2D eigenvalue weighted by Gasteiger charge is 2.28. The largest absolute Gasteiger partial charge is 0.472 e. The van der Waals surface area contributed by atoms with Crippen molar-refractivity contribution in [1.82, 2.24) is 5.32 Å². The standard InChI is InChI=1S/C73H135N2O6P/c1-6-8-10-12-14-16-18-20-22-24-26-28-30-32-34-36-37-39-41-43-45-47-49-51-53-55-57-59-61-63-65-67-73(77)74-71(70-81-82(78,79)80-69-68-75(3,4)5)72(76)66-64-62-60-58-56-54-52-50-48-46-44-42-40-38-35-33-31-29-27-25-23-21-19-17-15-13-11-9-7-2/h8,10,14,16,20,22,26,28,32,34,37,39,64,66,71-72,76H,6-7,9,11-13,15,17-19,21,23-25,27,29-31,33,35-36,38,40-63,65,67-70H2,1-5H3,(H-,74,77,78,79)/p+1/b10-8-,16-14-,22-20-,28-26-,34-32-,39-37-,66-64+. The van der Waals surface area contributed by atoms with Gasteiger partial charge in [0.25, 0.3) is 0 Å². The van der Waals surface area contributed by atoms with E-state index in [9.17, 15) is 19.4 Å². The smallest absolute Gasteiger partial charge is 0.387 e. The Bertz CT molecular complexity index is 1610. The molecule has 9 heteroatoms. The Morgan fingerprint density at radius 1 is 0.427 bits per heavy atom. The van der Waals surface area contributed by atoms with Gasteiger partial charge in [-0.05, 0) is 70.6 Å². The number of phosphoric ester groups is 1. The van der Waals surface area contributed by atoms with Gasteiger partial charge >= 0.3 is 7.82 Å². The van der Waals surface area contributed by atoms with Gasteiger partial charge in [-0.2, -0.15) is 0 Å². The van der Waals surface area contributed by atoms with Gasteiger partial charge in [0.2, 0.25) is 5.91 Å². The van der Waals surface area contributed by atoms with Gasteiger partial charge < -0.3 is 19.8 Å². The fourth-order valence-electron chi connectivity index (χ4n) is 10.2. The molecule has 0 aliphatic carbocycles. The highest BCUT2D eigenvalue weighted by molar-refractivity contribution is 7.47. The first-order valence-electron chi connectivity index (χ1n) is 35.0. The van der Waals surface area contributed by atoms with E-state index in [-0.39, 0.29) is 19.1 Å². The molecule has 0 aromatic carbocycles. The van der Waals surface area contributed by atoms with E-state index < -0.39 is 20.0 Å². The van der Waals surface area contributed by atoms with Crippen LogP contribution in [0.1, 0.15) is 322 Å². The van der Waals surface area contributed by atoms with Crippen LogP contribution in [0.3, 0.4) is 0 Å².